The van der Waals surface area contributed by atoms with Crippen LogP contribution in [0.25, 0.3) is 10.9 Å². The van der Waals surface area contributed by atoms with E-state index < -0.39 is 0 Å². The van der Waals surface area contributed by atoms with Crippen LogP contribution in [-0.4, -0.2) is 30.4 Å². The molecule has 1 fully saturated rings. The molecule has 1 aromatic carbocycles. The third-order valence-electron chi connectivity index (χ3n) is 4.59. The summed E-state index contributed by atoms with van der Waals surface area (Å²) in [7, 11) is 0. The van der Waals surface area contributed by atoms with Crippen LogP contribution in [-0.2, 0) is 6.42 Å². The van der Waals surface area contributed by atoms with Gasteiger partial charge in [0.2, 0.25) is 5.16 Å². The van der Waals surface area contributed by atoms with Crippen LogP contribution in [0.1, 0.15) is 44.3 Å². The molecule has 5 nitrogen and oxygen atoms in total. The molecule has 124 valence electrons. The second-order valence-corrected chi connectivity index (χ2v) is 7.88. The van der Waals surface area contributed by atoms with E-state index in [9.17, 15) is 0 Å². The number of rotatable bonds is 5. The number of hydrogen-bond acceptors (Lipinski definition) is 5. The van der Waals surface area contributed by atoms with Gasteiger partial charge in [-0.1, -0.05) is 55.8 Å². The van der Waals surface area contributed by atoms with Crippen molar-refractivity contribution in [2.24, 2.45) is 0 Å². The summed E-state index contributed by atoms with van der Waals surface area (Å²) in [5.41, 5.74) is 2.18. The summed E-state index contributed by atoms with van der Waals surface area (Å²) in [6.07, 6.45) is 5.86. The fraction of sp³-hybridized carbons (Fsp3) is 0.444. The molecule has 0 spiro atoms. The first-order chi connectivity index (χ1) is 11.8. The quantitative estimate of drug-likeness (QED) is 0.656. The first kappa shape index (κ1) is 15.6. The third kappa shape index (κ3) is 3.29. The van der Waals surface area contributed by atoms with Crippen LogP contribution in [0.15, 0.2) is 41.6 Å². The molecule has 6 heteroatoms. The molecule has 2 aromatic heterocycles. The standard InChI is InChI=1S/C18H21N5S/c1-13(12-15-11-10-14-6-2-5-9-17(14)19-15)24-18-20-21-22-23(18)16-7-3-4-8-16/h2,5-6,9-11,13,16H,3-4,7-8,12H2,1H3/t13-/m0/s1. The van der Waals surface area contributed by atoms with Crippen molar-refractivity contribution in [1.29, 1.82) is 0 Å². The van der Waals surface area contributed by atoms with Crippen molar-refractivity contribution in [3.63, 3.8) is 0 Å². The van der Waals surface area contributed by atoms with Gasteiger partial charge in [-0.05, 0) is 35.4 Å². The fourth-order valence-corrected chi connectivity index (χ4v) is 4.37. The Morgan fingerprint density at radius 1 is 1.17 bits per heavy atom. The highest BCUT2D eigenvalue weighted by molar-refractivity contribution is 7.99. The largest absolute Gasteiger partial charge is 0.253 e. The minimum Gasteiger partial charge on any atom is -0.253 e. The normalized spacial score (nSPS) is 16.7. The highest BCUT2D eigenvalue weighted by Gasteiger charge is 2.22. The van der Waals surface area contributed by atoms with E-state index in [0.717, 1.165) is 22.8 Å². The van der Waals surface area contributed by atoms with E-state index in [1.54, 1.807) is 11.8 Å². The van der Waals surface area contributed by atoms with Crippen LogP contribution < -0.4 is 0 Å². The zero-order valence-electron chi connectivity index (χ0n) is 13.8. The second-order valence-electron chi connectivity index (χ2n) is 6.47. The van der Waals surface area contributed by atoms with E-state index in [2.05, 4.69) is 46.7 Å². The van der Waals surface area contributed by atoms with Gasteiger partial charge >= 0.3 is 0 Å². The lowest BCUT2D eigenvalue weighted by Crippen LogP contribution is -2.11. The molecule has 1 aliphatic carbocycles. The second kappa shape index (κ2) is 6.89. The number of pyridine rings is 1. The average Bonchev–Trinajstić information content (AvgIpc) is 3.25. The zero-order valence-corrected chi connectivity index (χ0v) is 14.6. The molecule has 0 aliphatic heterocycles. The molecule has 3 aromatic rings. The summed E-state index contributed by atoms with van der Waals surface area (Å²) in [5, 5.41) is 14.9. The molecular formula is C18H21N5S. The molecule has 0 bridgehead atoms. The number of hydrogen-bond donors (Lipinski definition) is 0. The molecule has 0 amide bonds. The number of aromatic nitrogens is 5. The molecule has 24 heavy (non-hydrogen) atoms. The van der Waals surface area contributed by atoms with Gasteiger partial charge in [0.05, 0.1) is 11.6 Å². The third-order valence-corrected chi connectivity index (χ3v) is 5.64. The molecule has 1 aliphatic rings. The topological polar surface area (TPSA) is 56.5 Å². The number of thioether (sulfide) groups is 1. The van der Waals surface area contributed by atoms with Crippen molar-refractivity contribution in [1.82, 2.24) is 25.2 Å². The SMILES string of the molecule is C[C@@H](Cc1ccc2ccccc2n1)Sc1nnnn1C1CCCC1. The lowest BCUT2D eigenvalue weighted by molar-refractivity contribution is 0.422. The van der Waals surface area contributed by atoms with Crippen molar-refractivity contribution in [3.8, 4) is 0 Å². The van der Waals surface area contributed by atoms with Crippen LogP contribution in [0.5, 0.6) is 0 Å². The molecule has 0 unspecified atom stereocenters. The lowest BCUT2D eigenvalue weighted by Gasteiger charge is -2.14. The van der Waals surface area contributed by atoms with Gasteiger partial charge in [-0.3, -0.25) is 4.98 Å². The van der Waals surface area contributed by atoms with E-state index in [1.165, 1.54) is 31.1 Å². The molecule has 2 heterocycles. The molecule has 1 saturated carbocycles. The minimum atomic E-state index is 0.379. The van der Waals surface area contributed by atoms with Gasteiger partial charge in [-0.25, -0.2) is 4.68 Å². The maximum absolute atomic E-state index is 4.77. The first-order valence-corrected chi connectivity index (χ1v) is 9.47. The average molecular weight is 339 g/mol. The van der Waals surface area contributed by atoms with Gasteiger partial charge < -0.3 is 0 Å². The number of para-hydroxylation sites is 1. The molecule has 0 N–H and O–H groups in total. The van der Waals surface area contributed by atoms with E-state index in [4.69, 9.17) is 4.98 Å². The van der Waals surface area contributed by atoms with Crippen molar-refractivity contribution in [2.45, 2.75) is 55.5 Å². The lowest BCUT2D eigenvalue weighted by atomic mass is 10.1. The van der Waals surface area contributed by atoms with Gasteiger partial charge in [0, 0.05) is 22.8 Å². The number of tetrazole rings is 1. The Kier molecular flexibility index (Phi) is 4.47. The maximum atomic E-state index is 4.77. The van der Waals surface area contributed by atoms with E-state index in [-0.39, 0.29) is 0 Å². The first-order valence-electron chi connectivity index (χ1n) is 8.59. The summed E-state index contributed by atoms with van der Waals surface area (Å²) in [5.74, 6) is 0. The van der Waals surface area contributed by atoms with Crippen molar-refractivity contribution in [3.05, 3.63) is 42.1 Å². The molecule has 0 radical (unpaired) electrons. The summed E-state index contributed by atoms with van der Waals surface area (Å²) in [4.78, 5) is 4.77. The Labute approximate surface area is 145 Å². The summed E-state index contributed by atoms with van der Waals surface area (Å²) >= 11 is 1.75. The van der Waals surface area contributed by atoms with Crippen molar-refractivity contribution in [2.75, 3.05) is 0 Å². The molecule has 0 saturated heterocycles. The number of benzene rings is 1. The Balaban J connectivity index is 1.46. The predicted octanol–water partition coefficient (Wildman–Crippen LogP) is 4.06. The van der Waals surface area contributed by atoms with Crippen LogP contribution in [0.2, 0.25) is 0 Å². The summed E-state index contributed by atoms with van der Waals surface area (Å²) in [6, 6.07) is 13.0. The molecule has 1 atom stereocenters. The number of fused-ring (bicyclic) bond motifs is 1. The minimum absolute atomic E-state index is 0.379. The smallest absolute Gasteiger partial charge is 0.209 e. The molecular weight excluding hydrogens is 318 g/mol. The van der Waals surface area contributed by atoms with E-state index in [1.807, 2.05) is 16.8 Å². The zero-order chi connectivity index (χ0) is 16.4. The van der Waals surface area contributed by atoms with Gasteiger partial charge in [0.1, 0.15) is 0 Å². The Hall–Kier alpha value is -1.95. The van der Waals surface area contributed by atoms with Crippen LogP contribution in [0, 0.1) is 0 Å². The van der Waals surface area contributed by atoms with Crippen LogP contribution >= 0.6 is 11.8 Å². The van der Waals surface area contributed by atoms with Gasteiger partial charge in [-0.2, -0.15) is 0 Å². The summed E-state index contributed by atoms with van der Waals surface area (Å²) < 4.78 is 2.03. The van der Waals surface area contributed by atoms with Crippen molar-refractivity contribution < 1.29 is 0 Å². The number of nitrogens with zero attached hydrogens (tertiary/aromatic N) is 5. The predicted molar refractivity (Wildman–Crippen MR) is 96.1 cm³/mol. The van der Waals surface area contributed by atoms with Crippen LogP contribution in [0.3, 0.4) is 0 Å². The van der Waals surface area contributed by atoms with E-state index in [0.29, 0.717) is 11.3 Å². The highest BCUT2D eigenvalue weighted by Crippen LogP contribution is 2.33. The van der Waals surface area contributed by atoms with Crippen molar-refractivity contribution >= 4 is 22.7 Å². The molecule has 4 rings (SSSR count). The van der Waals surface area contributed by atoms with Crippen LogP contribution in [0.4, 0.5) is 0 Å². The Morgan fingerprint density at radius 2 is 2.00 bits per heavy atom. The maximum Gasteiger partial charge on any atom is 0.209 e. The highest BCUT2D eigenvalue weighted by atomic mass is 32.2. The van der Waals surface area contributed by atoms with Gasteiger partial charge in [0.15, 0.2) is 0 Å². The van der Waals surface area contributed by atoms with Gasteiger partial charge in [-0.15, -0.1) is 5.10 Å². The summed E-state index contributed by atoms with van der Waals surface area (Å²) in [6.45, 7) is 2.22. The van der Waals surface area contributed by atoms with Gasteiger partial charge in [0.25, 0.3) is 0 Å². The fourth-order valence-electron chi connectivity index (χ4n) is 3.38. The monoisotopic (exact) mass is 339 g/mol. The Morgan fingerprint density at radius 3 is 2.88 bits per heavy atom. The Bertz CT molecular complexity index is 825. The van der Waals surface area contributed by atoms with E-state index >= 15 is 0 Å².